The molecule has 0 aromatic carbocycles. The van der Waals surface area contributed by atoms with Crippen LogP contribution in [0, 0.1) is 0 Å². The van der Waals surface area contributed by atoms with Crippen LogP contribution in [0.15, 0.2) is 0 Å². The molecule has 0 aromatic heterocycles. The van der Waals surface area contributed by atoms with Crippen LogP contribution < -0.4 is 10.5 Å². The third kappa shape index (κ3) is 2.81. The molecule has 0 aromatic rings. The highest BCUT2D eigenvalue weighted by atomic mass is 32.2. The van der Waals surface area contributed by atoms with Crippen molar-refractivity contribution < 1.29 is 47.9 Å². The summed E-state index contributed by atoms with van der Waals surface area (Å²) in [6.07, 6.45) is -7.08. The molecule has 0 unspecified atom stereocenters. The van der Waals surface area contributed by atoms with Crippen LogP contribution in [0.4, 0.5) is 39.5 Å². The maximum Gasteiger partial charge on any atom is 0.460 e. The molecule has 122 valence electrons. The third-order valence-corrected chi connectivity index (χ3v) is 3.41. The van der Waals surface area contributed by atoms with Crippen LogP contribution in [-0.2, 0) is 10.0 Å². The Labute approximate surface area is 106 Å². The number of rotatable bonds is 6. The van der Waals surface area contributed by atoms with Gasteiger partial charge in [-0.25, -0.2) is 13.1 Å². The standard InChI is InChI=1S/C6H7F9N2O2S/c7-3(8,5(11,12)13)4(9,10)6(14,15)20(18,19)17-2-1-16/h17H,1-2,16H2. The molecule has 0 amide bonds. The largest absolute Gasteiger partial charge is 0.460 e. The van der Waals surface area contributed by atoms with Gasteiger partial charge in [-0.3, -0.25) is 0 Å². The molecule has 0 atom stereocenters. The van der Waals surface area contributed by atoms with E-state index >= 15 is 0 Å². The lowest BCUT2D eigenvalue weighted by atomic mass is 10.1. The molecule has 0 bridgehead atoms. The van der Waals surface area contributed by atoms with Crippen molar-refractivity contribution in [3.63, 3.8) is 0 Å². The van der Waals surface area contributed by atoms with Crippen LogP contribution >= 0.6 is 0 Å². The van der Waals surface area contributed by atoms with Crippen molar-refractivity contribution in [2.45, 2.75) is 23.3 Å². The first-order chi connectivity index (χ1) is 8.56. The minimum atomic E-state index is -7.26. The van der Waals surface area contributed by atoms with E-state index in [9.17, 15) is 47.9 Å². The number of hydrogen-bond donors (Lipinski definition) is 2. The number of sulfonamides is 1. The van der Waals surface area contributed by atoms with Gasteiger partial charge in [-0.1, -0.05) is 0 Å². The van der Waals surface area contributed by atoms with Crippen LogP contribution in [0.3, 0.4) is 0 Å². The lowest BCUT2D eigenvalue weighted by Crippen LogP contribution is -2.65. The first-order valence-corrected chi connectivity index (χ1v) is 5.94. The molecule has 0 aliphatic heterocycles. The topological polar surface area (TPSA) is 72.2 Å². The highest BCUT2D eigenvalue weighted by Gasteiger charge is 2.85. The van der Waals surface area contributed by atoms with E-state index in [0.717, 1.165) is 0 Å². The van der Waals surface area contributed by atoms with Crippen LogP contribution in [0.1, 0.15) is 0 Å². The van der Waals surface area contributed by atoms with Crippen molar-refractivity contribution in [1.29, 1.82) is 0 Å². The summed E-state index contributed by atoms with van der Waals surface area (Å²) in [6.45, 7) is -1.75. The maximum absolute atomic E-state index is 12.9. The van der Waals surface area contributed by atoms with Gasteiger partial charge in [-0.05, 0) is 0 Å². The van der Waals surface area contributed by atoms with E-state index < -0.39 is 46.4 Å². The zero-order chi connectivity index (χ0) is 16.6. The van der Waals surface area contributed by atoms with E-state index in [4.69, 9.17) is 0 Å². The van der Waals surface area contributed by atoms with Gasteiger partial charge >= 0.3 is 23.3 Å². The van der Waals surface area contributed by atoms with Gasteiger partial charge in [0.15, 0.2) is 0 Å². The number of hydrogen-bond acceptors (Lipinski definition) is 3. The minimum absolute atomic E-state index is 0.684. The smallest absolute Gasteiger partial charge is 0.329 e. The number of nitrogens with two attached hydrogens (primary N) is 1. The summed E-state index contributed by atoms with van der Waals surface area (Å²) in [7, 11) is -6.52. The van der Waals surface area contributed by atoms with Gasteiger partial charge in [-0.2, -0.15) is 39.5 Å². The van der Waals surface area contributed by atoms with Crippen LogP contribution in [0.5, 0.6) is 0 Å². The summed E-state index contributed by atoms with van der Waals surface area (Å²) in [6, 6.07) is 0. The molecular formula is C6H7F9N2O2S. The molecule has 0 rings (SSSR count). The fourth-order valence-corrected chi connectivity index (χ4v) is 1.85. The Morgan fingerprint density at radius 3 is 1.55 bits per heavy atom. The van der Waals surface area contributed by atoms with Gasteiger partial charge in [0.05, 0.1) is 0 Å². The Hall–Kier alpha value is -0.760. The zero-order valence-electron chi connectivity index (χ0n) is 9.12. The Kier molecular flexibility index (Phi) is 5.02. The van der Waals surface area contributed by atoms with Crippen LogP contribution in [0.2, 0.25) is 0 Å². The Bertz CT molecular complexity index is 444. The van der Waals surface area contributed by atoms with Crippen molar-refractivity contribution in [3.8, 4) is 0 Å². The Morgan fingerprint density at radius 1 is 0.850 bits per heavy atom. The normalized spacial score (nSPS) is 15.5. The third-order valence-electron chi connectivity index (χ3n) is 1.89. The van der Waals surface area contributed by atoms with E-state index in [1.807, 2.05) is 0 Å². The van der Waals surface area contributed by atoms with Gasteiger partial charge in [0.1, 0.15) is 0 Å². The lowest BCUT2D eigenvalue weighted by Gasteiger charge is -2.32. The van der Waals surface area contributed by atoms with E-state index in [1.165, 1.54) is 0 Å². The van der Waals surface area contributed by atoms with Crippen molar-refractivity contribution in [2.75, 3.05) is 13.1 Å². The second-order valence-electron chi connectivity index (χ2n) is 3.35. The molecule has 3 N–H and O–H groups in total. The molecule has 0 saturated carbocycles. The van der Waals surface area contributed by atoms with Gasteiger partial charge in [0.2, 0.25) is 0 Å². The molecule has 0 fully saturated rings. The lowest BCUT2D eigenvalue weighted by molar-refractivity contribution is -0.382. The Morgan fingerprint density at radius 2 is 1.25 bits per heavy atom. The minimum Gasteiger partial charge on any atom is -0.329 e. The number of alkyl halides is 9. The fraction of sp³-hybridized carbons (Fsp3) is 1.00. The second-order valence-corrected chi connectivity index (χ2v) is 5.16. The average molecular weight is 342 g/mol. The zero-order valence-corrected chi connectivity index (χ0v) is 9.93. The van der Waals surface area contributed by atoms with Crippen molar-refractivity contribution in [1.82, 2.24) is 4.72 Å². The molecule has 14 heteroatoms. The SMILES string of the molecule is NCCNS(=O)(=O)C(F)(F)C(F)(F)C(F)(F)C(F)(F)F. The molecule has 0 heterocycles. The summed E-state index contributed by atoms with van der Waals surface area (Å²) in [5.41, 5.74) is 4.66. The van der Waals surface area contributed by atoms with E-state index in [-0.39, 0.29) is 0 Å². The first kappa shape index (κ1) is 19.2. The first-order valence-electron chi connectivity index (χ1n) is 4.45. The summed E-state index contributed by atoms with van der Waals surface area (Å²) in [4.78, 5) is 0. The highest BCUT2D eigenvalue weighted by molar-refractivity contribution is 7.90. The molecule has 0 radical (unpaired) electrons. The maximum atomic E-state index is 12.9. The summed E-state index contributed by atoms with van der Waals surface area (Å²) < 4.78 is 133. The average Bonchev–Trinajstić information content (AvgIpc) is 2.24. The van der Waals surface area contributed by atoms with Crippen LogP contribution in [-0.4, -0.2) is 44.8 Å². The summed E-state index contributed by atoms with van der Waals surface area (Å²) >= 11 is 0. The van der Waals surface area contributed by atoms with Gasteiger partial charge in [0.25, 0.3) is 10.0 Å². The van der Waals surface area contributed by atoms with E-state index in [2.05, 4.69) is 5.73 Å². The van der Waals surface area contributed by atoms with Crippen molar-refractivity contribution in [3.05, 3.63) is 0 Å². The van der Waals surface area contributed by atoms with Gasteiger partial charge in [0, 0.05) is 13.1 Å². The molecule has 0 saturated heterocycles. The van der Waals surface area contributed by atoms with E-state index in [0.29, 0.717) is 4.72 Å². The van der Waals surface area contributed by atoms with Crippen molar-refractivity contribution in [2.24, 2.45) is 5.73 Å². The van der Waals surface area contributed by atoms with Gasteiger partial charge in [-0.15, -0.1) is 0 Å². The number of halogens is 9. The summed E-state index contributed by atoms with van der Waals surface area (Å²) in [5, 5.41) is -6.71. The number of nitrogens with one attached hydrogen (secondary N) is 1. The fourth-order valence-electron chi connectivity index (χ4n) is 0.813. The van der Waals surface area contributed by atoms with Crippen LogP contribution in [0.25, 0.3) is 0 Å². The highest BCUT2D eigenvalue weighted by Crippen LogP contribution is 2.54. The molecule has 20 heavy (non-hydrogen) atoms. The summed E-state index contributed by atoms with van der Waals surface area (Å²) in [5.74, 6) is -14.5. The van der Waals surface area contributed by atoms with E-state index in [1.54, 1.807) is 0 Å². The van der Waals surface area contributed by atoms with Gasteiger partial charge < -0.3 is 5.73 Å². The predicted molar refractivity (Wildman–Crippen MR) is 46.9 cm³/mol. The molecule has 0 aliphatic rings. The van der Waals surface area contributed by atoms with Crippen molar-refractivity contribution >= 4 is 10.0 Å². The quantitative estimate of drug-likeness (QED) is 0.715. The monoisotopic (exact) mass is 342 g/mol. The second kappa shape index (κ2) is 5.22. The molecular weight excluding hydrogens is 335 g/mol. The molecule has 0 spiro atoms. The molecule has 0 aliphatic carbocycles. The molecule has 4 nitrogen and oxygen atoms in total. The Balaban J connectivity index is 5.82. The predicted octanol–water partition coefficient (Wildman–Crippen LogP) is 1.29.